The summed E-state index contributed by atoms with van der Waals surface area (Å²) in [5.74, 6) is 0.935. The van der Waals surface area contributed by atoms with Crippen molar-refractivity contribution in [2.75, 3.05) is 5.73 Å². The zero-order valence-corrected chi connectivity index (χ0v) is 11.8. The van der Waals surface area contributed by atoms with Crippen molar-refractivity contribution in [3.63, 3.8) is 0 Å². The molecule has 2 rings (SSSR count). The minimum Gasteiger partial charge on any atom is -0.382 e. The molecule has 0 aliphatic rings. The van der Waals surface area contributed by atoms with Gasteiger partial charge < -0.3 is 5.73 Å². The van der Waals surface area contributed by atoms with E-state index >= 15 is 0 Å². The van der Waals surface area contributed by atoms with Crippen LogP contribution < -0.4 is 5.73 Å². The van der Waals surface area contributed by atoms with Gasteiger partial charge in [-0.2, -0.15) is 5.26 Å². The van der Waals surface area contributed by atoms with Crippen molar-refractivity contribution in [1.29, 1.82) is 5.26 Å². The molecule has 102 valence electrons. The number of hydrogen-bond acceptors (Lipinski definition) is 4. The second-order valence-corrected chi connectivity index (χ2v) is 4.76. The number of rotatable bonds is 4. The lowest BCUT2D eigenvalue weighted by atomic mass is 9.75. The number of nitrogen functional groups attached to an aromatic ring is 1. The van der Waals surface area contributed by atoms with Crippen molar-refractivity contribution < 1.29 is 0 Å². The van der Waals surface area contributed by atoms with Gasteiger partial charge in [-0.05, 0) is 18.4 Å². The number of nitrogens with zero attached hydrogens (tertiary/aromatic N) is 3. The van der Waals surface area contributed by atoms with Gasteiger partial charge in [0.15, 0.2) is 0 Å². The first kappa shape index (κ1) is 14.0. The van der Waals surface area contributed by atoms with Crippen LogP contribution in [0.4, 0.5) is 5.82 Å². The van der Waals surface area contributed by atoms with E-state index in [0.717, 1.165) is 12.8 Å². The number of nitriles is 1. The smallest absolute Gasteiger partial charge is 0.145 e. The molecule has 1 aromatic heterocycles. The van der Waals surface area contributed by atoms with Crippen LogP contribution in [-0.4, -0.2) is 9.97 Å². The summed E-state index contributed by atoms with van der Waals surface area (Å²) in [4.78, 5) is 8.77. The Bertz CT molecular complexity index is 625. The fourth-order valence-electron chi connectivity index (χ4n) is 2.57. The Hall–Kier alpha value is -2.41. The van der Waals surface area contributed by atoms with Crippen LogP contribution in [0.1, 0.15) is 43.6 Å². The monoisotopic (exact) mass is 266 g/mol. The van der Waals surface area contributed by atoms with Gasteiger partial charge in [0.25, 0.3) is 0 Å². The van der Waals surface area contributed by atoms with Crippen LogP contribution in [0.15, 0.2) is 36.5 Å². The minimum absolute atomic E-state index is 0.250. The molecule has 2 N–H and O–H groups in total. The average molecular weight is 266 g/mol. The van der Waals surface area contributed by atoms with Crippen molar-refractivity contribution >= 4 is 5.82 Å². The Morgan fingerprint density at radius 3 is 2.35 bits per heavy atom. The van der Waals surface area contributed by atoms with Crippen LogP contribution in [0.3, 0.4) is 0 Å². The fraction of sp³-hybridized carbons (Fsp3) is 0.312. The summed E-state index contributed by atoms with van der Waals surface area (Å²) in [5, 5.41) is 8.93. The summed E-state index contributed by atoms with van der Waals surface area (Å²) in [6.07, 6.45) is 3.26. The lowest BCUT2D eigenvalue weighted by Gasteiger charge is -2.30. The molecular weight excluding hydrogens is 248 g/mol. The van der Waals surface area contributed by atoms with Crippen molar-refractivity contribution in [2.24, 2.45) is 0 Å². The summed E-state index contributed by atoms with van der Waals surface area (Å²) >= 11 is 0. The zero-order chi connectivity index (χ0) is 14.6. The van der Waals surface area contributed by atoms with E-state index in [9.17, 15) is 0 Å². The Kier molecular flexibility index (Phi) is 3.99. The van der Waals surface area contributed by atoms with Gasteiger partial charge in [0.1, 0.15) is 23.3 Å². The van der Waals surface area contributed by atoms with Gasteiger partial charge >= 0.3 is 0 Å². The van der Waals surface area contributed by atoms with Crippen LogP contribution in [-0.2, 0) is 5.41 Å². The number of benzene rings is 1. The summed E-state index contributed by atoms with van der Waals surface area (Å²) in [6.45, 7) is 4.24. The molecule has 0 saturated carbocycles. The normalized spacial score (nSPS) is 11.1. The summed E-state index contributed by atoms with van der Waals surface area (Å²) in [5.41, 5.74) is 7.08. The van der Waals surface area contributed by atoms with Gasteiger partial charge in [0.2, 0.25) is 0 Å². The topological polar surface area (TPSA) is 75.6 Å². The van der Waals surface area contributed by atoms with E-state index in [-0.39, 0.29) is 11.2 Å². The minimum atomic E-state index is -0.261. The highest BCUT2D eigenvalue weighted by Gasteiger charge is 2.33. The molecule has 0 amide bonds. The van der Waals surface area contributed by atoms with Gasteiger partial charge in [-0.3, -0.25) is 0 Å². The average Bonchev–Trinajstić information content (AvgIpc) is 2.50. The van der Waals surface area contributed by atoms with E-state index in [2.05, 4.69) is 35.9 Å². The quantitative estimate of drug-likeness (QED) is 0.922. The van der Waals surface area contributed by atoms with Crippen LogP contribution in [0.25, 0.3) is 0 Å². The number of anilines is 1. The van der Waals surface area contributed by atoms with Crippen molar-refractivity contribution in [2.45, 2.75) is 32.1 Å². The molecule has 20 heavy (non-hydrogen) atoms. The van der Waals surface area contributed by atoms with Crippen LogP contribution >= 0.6 is 0 Å². The molecule has 4 heteroatoms. The molecule has 1 aromatic carbocycles. The highest BCUT2D eigenvalue weighted by Crippen LogP contribution is 2.36. The molecule has 0 radical (unpaired) electrons. The first-order chi connectivity index (χ1) is 9.67. The second kappa shape index (κ2) is 5.70. The lowest BCUT2D eigenvalue weighted by Crippen LogP contribution is -2.29. The largest absolute Gasteiger partial charge is 0.382 e. The lowest BCUT2D eigenvalue weighted by molar-refractivity contribution is 0.449. The Morgan fingerprint density at radius 1 is 1.20 bits per heavy atom. The third-order valence-electron chi connectivity index (χ3n) is 3.90. The zero-order valence-electron chi connectivity index (χ0n) is 11.8. The highest BCUT2D eigenvalue weighted by molar-refractivity contribution is 5.47. The van der Waals surface area contributed by atoms with Crippen LogP contribution in [0.2, 0.25) is 0 Å². The molecular formula is C16H18N4. The van der Waals surface area contributed by atoms with Crippen molar-refractivity contribution in [1.82, 2.24) is 9.97 Å². The van der Waals surface area contributed by atoms with Gasteiger partial charge in [-0.15, -0.1) is 0 Å². The second-order valence-electron chi connectivity index (χ2n) is 4.76. The molecule has 0 atom stereocenters. The molecule has 4 nitrogen and oxygen atoms in total. The maximum Gasteiger partial charge on any atom is 0.145 e. The standard InChI is InChI=1S/C16H18N4/c1-3-16(4-2,13-8-6-5-7-9-13)15-19-11-12(10-17)14(18)20-15/h5-9,11H,3-4H2,1-2H3,(H2,18,19,20). The summed E-state index contributed by atoms with van der Waals surface area (Å²) < 4.78 is 0. The van der Waals surface area contributed by atoms with Crippen LogP contribution in [0.5, 0.6) is 0 Å². The molecule has 0 fully saturated rings. The maximum absolute atomic E-state index is 8.93. The van der Waals surface area contributed by atoms with E-state index in [4.69, 9.17) is 11.0 Å². The summed E-state index contributed by atoms with van der Waals surface area (Å²) in [7, 11) is 0. The van der Waals surface area contributed by atoms with Gasteiger partial charge in [-0.1, -0.05) is 44.2 Å². The maximum atomic E-state index is 8.93. The number of hydrogen-bond donors (Lipinski definition) is 1. The van der Waals surface area contributed by atoms with Gasteiger partial charge in [-0.25, -0.2) is 9.97 Å². The fourth-order valence-corrected chi connectivity index (χ4v) is 2.57. The van der Waals surface area contributed by atoms with Gasteiger partial charge in [0.05, 0.1) is 11.6 Å². The van der Waals surface area contributed by atoms with Crippen molar-refractivity contribution in [3.05, 3.63) is 53.5 Å². The molecule has 0 aliphatic heterocycles. The molecule has 0 bridgehead atoms. The molecule has 0 aliphatic carbocycles. The molecule has 1 heterocycles. The SMILES string of the molecule is CCC(CC)(c1ccccc1)c1ncc(C#N)c(N)n1. The third kappa shape index (κ3) is 2.23. The van der Waals surface area contributed by atoms with E-state index in [1.54, 1.807) is 0 Å². The van der Waals surface area contributed by atoms with E-state index in [1.165, 1.54) is 11.8 Å². The molecule has 2 aromatic rings. The number of nitrogens with two attached hydrogens (primary N) is 1. The van der Waals surface area contributed by atoms with E-state index in [0.29, 0.717) is 11.4 Å². The Morgan fingerprint density at radius 2 is 1.85 bits per heavy atom. The predicted octanol–water partition coefficient (Wildman–Crippen LogP) is 3.04. The van der Waals surface area contributed by atoms with Gasteiger partial charge in [0, 0.05) is 0 Å². The van der Waals surface area contributed by atoms with Crippen molar-refractivity contribution in [3.8, 4) is 6.07 Å². The number of aromatic nitrogens is 2. The summed E-state index contributed by atoms with van der Waals surface area (Å²) in [6, 6.07) is 12.2. The van der Waals surface area contributed by atoms with E-state index < -0.39 is 0 Å². The van der Waals surface area contributed by atoms with E-state index in [1.807, 2.05) is 24.3 Å². The molecule has 0 spiro atoms. The molecule has 0 saturated heterocycles. The Balaban J connectivity index is 2.60. The first-order valence-corrected chi connectivity index (χ1v) is 6.76. The first-order valence-electron chi connectivity index (χ1n) is 6.76. The molecule has 0 unspecified atom stereocenters. The highest BCUT2D eigenvalue weighted by atomic mass is 15.0. The predicted molar refractivity (Wildman–Crippen MR) is 79.0 cm³/mol. The third-order valence-corrected chi connectivity index (χ3v) is 3.90. The Labute approximate surface area is 119 Å². The van der Waals surface area contributed by atoms with Crippen LogP contribution in [0, 0.1) is 11.3 Å².